The Morgan fingerprint density at radius 3 is 2.65 bits per heavy atom. The van der Waals surface area contributed by atoms with Gasteiger partial charge in [-0.1, -0.05) is 39.0 Å². The summed E-state index contributed by atoms with van der Waals surface area (Å²) in [5, 5.41) is 9.98. The quantitative estimate of drug-likeness (QED) is 0.331. The van der Waals surface area contributed by atoms with E-state index < -0.39 is 11.9 Å². The third kappa shape index (κ3) is 3.80. The number of halogens is 1. The van der Waals surface area contributed by atoms with Crippen molar-refractivity contribution in [3.8, 4) is 6.07 Å². The average Bonchev–Trinajstić information content (AvgIpc) is 3.33. The van der Waals surface area contributed by atoms with Crippen LogP contribution in [0.4, 0.5) is 10.1 Å². The van der Waals surface area contributed by atoms with Gasteiger partial charge in [-0.15, -0.1) is 0 Å². The van der Waals surface area contributed by atoms with E-state index in [1.165, 1.54) is 6.07 Å². The zero-order valence-electron chi connectivity index (χ0n) is 15.0. The smallest absolute Gasteiger partial charge is 0.146 e. The average molecular weight is 371 g/mol. The molecule has 3 rings (SSSR count). The van der Waals surface area contributed by atoms with Crippen LogP contribution < -0.4 is 11.5 Å². The number of anilines is 1. The molecule has 0 saturated carbocycles. The molecule has 26 heavy (non-hydrogen) atoms. The highest BCUT2D eigenvalue weighted by Crippen LogP contribution is 2.45. The number of nitrogens with zero attached hydrogens (tertiary/aromatic N) is 1. The Bertz CT molecular complexity index is 928. The Morgan fingerprint density at radius 1 is 1.27 bits per heavy atom. The molecule has 1 saturated heterocycles. The lowest BCUT2D eigenvalue weighted by atomic mass is 9.92. The number of thiol groups is 1. The van der Waals surface area contributed by atoms with Crippen LogP contribution in [0.3, 0.4) is 0 Å². The third-order valence-electron chi connectivity index (χ3n) is 4.09. The van der Waals surface area contributed by atoms with Crippen molar-refractivity contribution in [3.63, 3.8) is 0 Å². The van der Waals surface area contributed by atoms with Crippen molar-refractivity contribution in [2.24, 2.45) is 5.73 Å². The predicted octanol–water partition coefficient (Wildman–Crippen LogP) is 3.79. The SMILES string of the molecule is CC(C)(C)/[SH]=C1\OC1c1c([C@H](N)c2cccc(C#N)c2)ccc(F)c1N. The number of epoxide rings is 1. The fraction of sp³-hybridized carbons (Fsp3) is 0.300. The predicted molar refractivity (Wildman–Crippen MR) is 106 cm³/mol. The molecule has 0 spiro atoms. The second kappa shape index (κ2) is 6.84. The summed E-state index contributed by atoms with van der Waals surface area (Å²) in [6.45, 7) is 6.32. The van der Waals surface area contributed by atoms with Crippen molar-refractivity contribution < 1.29 is 9.13 Å². The molecule has 1 unspecified atom stereocenters. The minimum absolute atomic E-state index is 0.0373. The number of benzene rings is 2. The Kier molecular flexibility index (Phi) is 4.89. The van der Waals surface area contributed by atoms with Gasteiger partial charge in [0.1, 0.15) is 17.0 Å². The molecule has 136 valence electrons. The number of hydrogen-bond donors (Lipinski definition) is 3. The van der Waals surface area contributed by atoms with Gasteiger partial charge in [0.25, 0.3) is 0 Å². The lowest BCUT2D eigenvalue weighted by Crippen LogP contribution is -2.16. The Labute approximate surface area is 156 Å². The molecular formula is C20H22FN3OS. The van der Waals surface area contributed by atoms with Crippen LogP contribution in [0, 0.1) is 17.1 Å². The van der Waals surface area contributed by atoms with E-state index in [-0.39, 0.29) is 16.5 Å². The van der Waals surface area contributed by atoms with E-state index >= 15 is 0 Å². The summed E-state index contributed by atoms with van der Waals surface area (Å²) in [5.41, 5.74) is 15.1. The van der Waals surface area contributed by atoms with Gasteiger partial charge in [0, 0.05) is 10.3 Å². The molecule has 0 aromatic heterocycles. The molecule has 1 heterocycles. The maximum Gasteiger partial charge on any atom is 0.146 e. The van der Waals surface area contributed by atoms with E-state index in [0.29, 0.717) is 16.7 Å². The van der Waals surface area contributed by atoms with Crippen molar-refractivity contribution in [3.05, 3.63) is 64.5 Å². The molecule has 4 nitrogen and oxygen atoms in total. The fourth-order valence-corrected chi connectivity index (χ4v) is 3.92. The van der Waals surface area contributed by atoms with Crippen LogP contribution >= 0.6 is 11.4 Å². The first-order chi connectivity index (χ1) is 12.2. The molecule has 1 aliphatic rings. The van der Waals surface area contributed by atoms with Crippen molar-refractivity contribution in [2.45, 2.75) is 37.7 Å². The summed E-state index contributed by atoms with van der Waals surface area (Å²) in [6.07, 6.45) is -0.341. The van der Waals surface area contributed by atoms with Gasteiger partial charge in [0.2, 0.25) is 0 Å². The number of nitrogen functional groups attached to an aromatic ring is 1. The van der Waals surface area contributed by atoms with Gasteiger partial charge in [-0.05, 0) is 29.3 Å². The largest absolute Gasteiger partial charge is 0.396 e. The van der Waals surface area contributed by atoms with E-state index in [4.69, 9.17) is 21.5 Å². The number of nitrogens with two attached hydrogens (primary N) is 2. The van der Waals surface area contributed by atoms with Crippen LogP contribution in [0.1, 0.15) is 55.2 Å². The van der Waals surface area contributed by atoms with Gasteiger partial charge >= 0.3 is 0 Å². The standard InChI is InChI=1S/C20H22FN3OS/c1-20(2,3)26-19-18(25-19)15-13(7-8-14(21)17(15)24)16(23)12-6-4-5-11(9-12)10-22/h4-9,16,18,26H,23-24H2,1-3H3/t16-,18?/m1/s1. The minimum atomic E-state index is -0.530. The van der Waals surface area contributed by atoms with E-state index in [1.807, 2.05) is 6.07 Å². The second-order valence-electron chi connectivity index (χ2n) is 7.30. The highest BCUT2D eigenvalue weighted by molar-refractivity contribution is 8.00. The Balaban J connectivity index is 2.05. The van der Waals surface area contributed by atoms with Crippen LogP contribution in [-0.4, -0.2) is 9.80 Å². The molecule has 4 N–H and O–H groups in total. The first kappa shape index (κ1) is 18.6. The number of nitriles is 1. The van der Waals surface area contributed by atoms with Gasteiger partial charge in [-0.2, -0.15) is 16.6 Å². The summed E-state index contributed by atoms with van der Waals surface area (Å²) in [7, 11) is 0. The van der Waals surface area contributed by atoms with Gasteiger partial charge in [-0.3, -0.25) is 0 Å². The summed E-state index contributed by atoms with van der Waals surface area (Å²) in [4.78, 5) is 0. The highest BCUT2D eigenvalue weighted by Gasteiger charge is 2.40. The lowest BCUT2D eigenvalue weighted by molar-refractivity contribution is 0.457. The number of rotatable bonds is 3. The number of ether oxygens (including phenoxy) is 1. The van der Waals surface area contributed by atoms with Crippen molar-refractivity contribution in [2.75, 3.05) is 5.73 Å². The Morgan fingerprint density at radius 2 is 2.00 bits per heavy atom. The summed E-state index contributed by atoms with van der Waals surface area (Å²) < 4.78 is 19.9. The van der Waals surface area contributed by atoms with E-state index in [9.17, 15) is 4.39 Å². The highest BCUT2D eigenvalue weighted by atomic mass is 32.1. The molecule has 2 atom stereocenters. The normalized spacial score (nSPS) is 19.5. The first-order valence-electron chi connectivity index (χ1n) is 8.31. The lowest BCUT2D eigenvalue weighted by Gasteiger charge is -2.18. The third-order valence-corrected chi connectivity index (χ3v) is 5.32. The topological polar surface area (TPSA) is 88.4 Å². The Hall–Kier alpha value is -2.20. The molecule has 0 radical (unpaired) electrons. The van der Waals surface area contributed by atoms with Gasteiger partial charge < -0.3 is 16.2 Å². The zero-order valence-corrected chi connectivity index (χ0v) is 15.8. The molecule has 2 aromatic rings. The van der Waals surface area contributed by atoms with Crippen molar-refractivity contribution >= 4 is 22.1 Å². The fourth-order valence-electron chi connectivity index (χ4n) is 2.86. The maximum absolute atomic E-state index is 14.1. The molecular weight excluding hydrogens is 349 g/mol. The molecule has 1 aliphatic heterocycles. The van der Waals surface area contributed by atoms with Gasteiger partial charge in [0.05, 0.1) is 23.4 Å². The molecule has 0 bridgehead atoms. The molecule has 0 amide bonds. The van der Waals surface area contributed by atoms with Crippen molar-refractivity contribution in [1.29, 1.82) is 5.26 Å². The van der Waals surface area contributed by atoms with Crippen LogP contribution in [0.15, 0.2) is 36.4 Å². The monoisotopic (exact) mass is 371 g/mol. The van der Waals surface area contributed by atoms with E-state index in [1.54, 1.807) is 24.3 Å². The zero-order chi connectivity index (χ0) is 19.1. The van der Waals surface area contributed by atoms with Gasteiger partial charge in [0.15, 0.2) is 0 Å². The second-order valence-corrected chi connectivity index (χ2v) is 9.30. The van der Waals surface area contributed by atoms with Crippen molar-refractivity contribution in [1.82, 2.24) is 0 Å². The molecule has 0 aliphatic carbocycles. The van der Waals surface area contributed by atoms with Crippen LogP contribution in [0.5, 0.6) is 0 Å². The summed E-state index contributed by atoms with van der Waals surface area (Å²) in [6, 6.07) is 11.6. The van der Waals surface area contributed by atoms with Gasteiger partial charge in [-0.25, -0.2) is 4.39 Å². The van der Waals surface area contributed by atoms with Crippen LogP contribution in [-0.2, 0) is 4.74 Å². The van der Waals surface area contributed by atoms with E-state index in [0.717, 1.165) is 22.0 Å². The summed E-state index contributed by atoms with van der Waals surface area (Å²) in [5.74, 6) is -0.482. The van der Waals surface area contributed by atoms with E-state index in [2.05, 4.69) is 26.8 Å². The molecule has 1 fully saturated rings. The number of hydrogen-bond acceptors (Lipinski definition) is 4. The molecule has 2 aromatic carbocycles. The van der Waals surface area contributed by atoms with Crippen LogP contribution in [0.2, 0.25) is 0 Å². The minimum Gasteiger partial charge on any atom is -0.396 e. The summed E-state index contributed by atoms with van der Waals surface area (Å²) >= 11 is 1.05. The van der Waals surface area contributed by atoms with Crippen LogP contribution in [0.25, 0.3) is 0 Å². The first-order valence-corrected chi connectivity index (χ1v) is 9.20. The molecule has 6 heteroatoms. The maximum atomic E-state index is 14.1.